The lowest BCUT2D eigenvalue weighted by Crippen LogP contribution is -2.36. The van der Waals surface area contributed by atoms with E-state index >= 15 is 0 Å². The summed E-state index contributed by atoms with van der Waals surface area (Å²) in [7, 11) is 0. The van der Waals surface area contributed by atoms with Crippen molar-refractivity contribution in [3.8, 4) is 11.8 Å². The largest absolute Gasteiger partial charge is 0.378 e. The molecule has 3 aromatic rings. The average molecular weight is 453 g/mol. The third-order valence-corrected chi connectivity index (χ3v) is 6.04. The number of aromatic nitrogens is 3. The number of benzene rings is 1. The molecule has 1 aliphatic rings. The molecular formula is C22H21FN6O2S. The van der Waals surface area contributed by atoms with Crippen LogP contribution in [0.3, 0.4) is 0 Å². The molecule has 0 unspecified atom stereocenters. The molecule has 1 saturated heterocycles. The van der Waals surface area contributed by atoms with Crippen LogP contribution in [0.5, 0.6) is 0 Å². The monoisotopic (exact) mass is 452 g/mol. The first-order valence-corrected chi connectivity index (χ1v) is 10.8. The number of nitriles is 1. The van der Waals surface area contributed by atoms with Gasteiger partial charge in [0.15, 0.2) is 0 Å². The number of rotatable bonds is 5. The van der Waals surface area contributed by atoms with E-state index in [0.29, 0.717) is 47.8 Å². The normalized spacial score (nSPS) is 14.3. The molecule has 0 aliphatic carbocycles. The Morgan fingerprint density at radius 1 is 1.28 bits per heavy atom. The van der Waals surface area contributed by atoms with Crippen molar-refractivity contribution in [2.45, 2.75) is 13.8 Å². The highest BCUT2D eigenvalue weighted by Crippen LogP contribution is 2.27. The zero-order valence-corrected chi connectivity index (χ0v) is 18.4. The van der Waals surface area contributed by atoms with Gasteiger partial charge in [0.2, 0.25) is 10.3 Å². The van der Waals surface area contributed by atoms with Crippen molar-refractivity contribution in [3.63, 3.8) is 0 Å². The Kier molecular flexibility index (Phi) is 6.30. The predicted octanol–water partition coefficient (Wildman–Crippen LogP) is 3.47. The van der Waals surface area contributed by atoms with E-state index < -0.39 is 5.91 Å². The zero-order valence-electron chi connectivity index (χ0n) is 17.6. The number of carbonyl (C=O) groups excluding carboxylic acids is 1. The van der Waals surface area contributed by atoms with Gasteiger partial charge in [-0.05, 0) is 43.7 Å². The minimum absolute atomic E-state index is 0.0816. The fourth-order valence-electron chi connectivity index (χ4n) is 3.55. The molecule has 0 spiro atoms. The number of aryl methyl sites for hydroxylation is 1. The Balaban J connectivity index is 1.55. The van der Waals surface area contributed by atoms with E-state index in [-0.39, 0.29) is 11.4 Å². The van der Waals surface area contributed by atoms with Gasteiger partial charge in [0.05, 0.1) is 18.9 Å². The molecular weight excluding hydrogens is 431 g/mol. The van der Waals surface area contributed by atoms with Crippen LogP contribution in [0.4, 0.5) is 14.7 Å². The topological polar surface area (TPSA) is 96.1 Å². The van der Waals surface area contributed by atoms with Crippen LogP contribution in [0.25, 0.3) is 11.8 Å². The Morgan fingerprint density at radius 3 is 2.75 bits per heavy atom. The number of nitrogens with zero attached hydrogens (tertiary/aromatic N) is 5. The van der Waals surface area contributed by atoms with Crippen LogP contribution in [0.1, 0.15) is 17.0 Å². The van der Waals surface area contributed by atoms with Gasteiger partial charge in [0, 0.05) is 24.5 Å². The average Bonchev–Trinajstić information content (AvgIpc) is 3.37. The fraction of sp³-hybridized carbons (Fsp3) is 0.273. The summed E-state index contributed by atoms with van der Waals surface area (Å²) >= 11 is 1.24. The SMILES string of the molecule is Cc1cc(/C=C(/C#N)C(=O)Nc2nnc(N3CCOCC3)s2)c(C)n1-c1ccccc1F. The maximum atomic E-state index is 14.3. The molecule has 4 rings (SSSR count). The quantitative estimate of drug-likeness (QED) is 0.470. The van der Waals surface area contributed by atoms with E-state index in [0.717, 1.165) is 11.4 Å². The molecule has 10 heteroatoms. The number of carbonyl (C=O) groups is 1. The minimum Gasteiger partial charge on any atom is -0.378 e. The second-order valence-corrected chi connectivity index (χ2v) is 8.18. The maximum Gasteiger partial charge on any atom is 0.268 e. The number of amides is 1. The summed E-state index contributed by atoms with van der Waals surface area (Å²) in [6, 6.07) is 10.2. The van der Waals surface area contributed by atoms with Crippen molar-refractivity contribution in [2.75, 3.05) is 36.5 Å². The minimum atomic E-state index is -0.576. The van der Waals surface area contributed by atoms with Gasteiger partial charge >= 0.3 is 0 Å². The fourth-order valence-corrected chi connectivity index (χ4v) is 4.35. The van der Waals surface area contributed by atoms with Crippen molar-refractivity contribution in [1.82, 2.24) is 14.8 Å². The van der Waals surface area contributed by atoms with Gasteiger partial charge in [0.25, 0.3) is 5.91 Å². The third kappa shape index (κ3) is 4.39. The second kappa shape index (κ2) is 9.30. The Hall–Kier alpha value is -3.55. The van der Waals surface area contributed by atoms with Gasteiger partial charge in [-0.2, -0.15) is 5.26 Å². The van der Waals surface area contributed by atoms with Gasteiger partial charge in [-0.1, -0.05) is 23.5 Å². The summed E-state index contributed by atoms with van der Waals surface area (Å²) in [6.45, 7) is 6.32. The van der Waals surface area contributed by atoms with Crippen LogP contribution in [-0.4, -0.2) is 47.0 Å². The van der Waals surface area contributed by atoms with Gasteiger partial charge in [-0.15, -0.1) is 10.2 Å². The Bertz CT molecular complexity index is 1220. The second-order valence-electron chi connectivity index (χ2n) is 7.23. The Morgan fingerprint density at radius 2 is 2.03 bits per heavy atom. The first kappa shape index (κ1) is 21.7. The number of hydrogen-bond acceptors (Lipinski definition) is 7. The number of para-hydroxylation sites is 1. The van der Waals surface area contributed by atoms with Gasteiger partial charge in [-0.25, -0.2) is 4.39 Å². The molecule has 1 N–H and O–H groups in total. The van der Waals surface area contributed by atoms with Gasteiger partial charge < -0.3 is 14.2 Å². The maximum absolute atomic E-state index is 14.3. The molecule has 1 fully saturated rings. The highest BCUT2D eigenvalue weighted by atomic mass is 32.1. The van der Waals surface area contributed by atoms with E-state index in [4.69, 9.17) is 4.74 Å². The number of morpholine rings is 1. The summed E-state index contributed by atoms with van der Waals surface area (Å²) in [5.74, 6) is -0.928. The molecule has 164 valence electrons. The lowest BCUT2D eigenvalue weighted by molar-refractivity contribution is -0.112. The van der Waals surface area contributed by atoms with Crippen molar-refractivity contribution >= 4 is 33.6 Å². The number of ether oxygens (including phenoxy) is 1. The lowest BCUT2D eigenvalue weighted by atomic mass is 10.1. The number of hydrogen-bond donors (Lipinski definition) is 1. The molecule has 1 aromatic carbocycles. The molecule has 1 amide bonds. The van der Waals surface area contributed by atoms with Crippen LogP contribution in [-0.2, 0) is 9.53 Å². The molecule has 0 bridgehead atoms. The van der Waals surface area contributed by atoms with Crippen LogP contribution in [0.15, 0.2) is 35.9 Å². The smallest absolute Gasteiger partial charge is 0.268 e. The van der Waals surface area contributed by atoms with Crippen LogP contribution >= 0.6 is 11.3 Å². The van der Waals surface area contributed by atoms with Gasteiger partial charge in [-0.3, -0.25) is 10.1 Å². The zero-order chi connectivity index (χ0) is 22.7. The Labute approximate surface area is 188 Å². The van der Waals surface area contributed by atoms with Crippen LogP contribution in [0.2, 0.25) is 0 Å². The summed E-state index contributed by atoms with van der Waals surface area (Å²) in [6.07, 6.45) is 1.50. The van der Waals surface area contributed by atoms with E-state index in [1.807, 2.05) is 30.9 Å². The highest BCUT2D eigenvalue weighted by Gasteiger charge is 2.19. The van der Waals surface area contributed by atoms with Crippen LogP contribution < -0.4 is 10.2 Å². The molecule has 0 radical (unpaired) electrons. The summed E-state index contributed by atoms with van der Waals surface area (Å²) in [5, 5.41) is 21.4. The molecule has 32 heavy (non-hydrogen) atoms. The molecule has 1 aliphatic heterocycles. The van der Waals surface area contributed by atoms with Crippen molar-refractivity contribution < 1.29 is 13.9 Å². The summed E-state index contributed by atoms with van der Waals surface area (Å²) in [4.78, 5) is 14.7. The summed E-state index contributed by atoms with van der Waals surface area (Å²) in [5.41, 5.74) is 2.50. The van der Waals surface area contributed by atoms with Crippen molar-refractivity contribution in [3.05, 3.63) is 58.7 Å². The van der Waals surface area contributed by atoms with Gasteiger partial charge in [0.1, 0.15) is 17.5 Å². The van der Waals surface area contributed by atoms with E-state index in [2.05, 4.69) is 15.5 Å². The number of anilines is 2. The third-order valence-electron chi connectivity index (χ3n) is 5.14. The first-order valence-electron chi connectivity index (χ1n) is 10.0. The van der Waals surface area contributed by atoms with E-state index in [9.17, 15) is 14.4 Å². The van der Waals surface area contributed by atoms with Crippen LogP contribution in [0, 0.1) is 31.0 Å². The highest BCUT2D eigenvalue weighted by molar-refractivity contribution is 7.19. The van der Waals surface area contributed by atoms with Crippen molar-refractivity contribution in [1.29, 1.82) is 5.26 Å². The molecule has 3 heterocycles. The predicted molar refractivity (Wildman–Crippen MR) is 120 cm³/mol. The standard InChI is InChI=1S/C22H21FN6O2S/c1-14-11-16(15(2)29(14)19-6-4-3-5-18(19)23)12-17(13-24)20(30)25-21-26-27-22(32-21)28-7-9-31-10-8-28/h3-6,11-12H,7-10H2,1-2H3,(H,25,26,30)/b17-12-. The van der Waals surface area contributed by atoms with Crippen molar-refractivity contribution in [2.24, 2.45) is 0 Å². The molecule has 2 aromatic heterocycles. The number of nitrogens with one attached hydrogen (secondary N) is 1. The molecule has 0 atom stereocenters. The summed E-state index contributed by atoms with van der Waals surface area (Å²) < 4.78 is 21.4. The van der Waals surface area contributed by atoms with E-state index in [1.165, 1.54) is 23.5 Å². The first-order chi connectivity index (χ1) is 15.5. The molecule has 8 nitrogen and oxygen atoms in total. The van der Waals surface area contributed by atoms with E-state index in [1.54, 1.807) is 22.8 Å². The molecule has 0 saturated carbocycles. The lowest BCUT2D eigenvalue weighted by Gasteiger charge is -2.25. The number of halogens is 1.